The number of fused-ring (bicyclic) bond motifs is 1. The molecule has 0 fully saturated rings. The third-order valence-electron chi connectivity index (χ3n) is 3.95. The van der Waals surface area contributed by atoms with Gasteiger partial charge in [0.2, 0.25) is 0 Å². The molecule has 2 aliphatic heterocycles. The van der Waals surface area contributed by atoms with Crippen LogP contribution in [0.25, 0.3) is 5.70 Å². The first-order valence-electron chi connectivity index (χ1n) is 7.56. The van der Waals surface area contributed by atoms with Gasteiger partial charge in [-0.1, -0.05) is 12.1 Å². The van der Waals surface area contributed by atoms with Crippen molar-refractivity contribution in [3.8, 4) is 0 Å². The minimum absolute atomic E-state index is 0.232. The van der Waals surface area contributed by atoms with E-state index < -0.39 is 11.7 Å². The van der Waals surface area contributed by atoms with E-state index in [0.29, 0.717) is 0 Å². The van der Waals surface area contributed by atoms with Crippen LogP contribution in [-0.2, 0) is 6.18 Å². The predicted molar refractivity (Wildman–Crippen MR) is 84.5 cm³/mol. The van der Waals surface area contributed by atoms with Gasteiger partial charge < -0.3 is 10.2 Å². The lowest BCUT2D eigenvalue weighted by Crippen LogP contribution is -2.38. The van der Waals surface area contributed by atoms with Gasteiger partial charge in [0.05, 0.1) is 22.7 Å². The number of allylic oxidation sites excluding steroid dienone is 1. The summed E-state index contributed by atoms with van der Waals surface area (Å²) in [6.07, 6.45) is 0.155. The normalized spacial score (nSPS) is 18.0. The van der Waals surface area contributed by atoms with Crippen LogP contribution in [0.3, 0.4) is 0 Å². The summed E-state index contributed by atoms with van der Waals surface area (Å²) in [5.74, 6) is 0. The van der Waals surface area contributed by atoms with Crippen molar-refractivity contribution in [3.63, 3.8) is 0 Å². The Bertz CT molecular complexity index is 682. The number of nitrogens with zero attached hydrogens (tertiary/aromatic N) is 2. The number of aliphatic imine (C=N–C) groups is 1. The Balaban J connectivity index is 2.06. The number of halogens is 3. The molecule has 0 unspecified atom stereocenters. The van der Waals surface area contributed by atoms with Gasteiger partial charge in [0.25, 0.3) is 0 Å². The maximum absolute atomic E-state index is 12.7. The van der Waals surface area contributed by atoms with E-state index >= 15 is 0 Å². The van der Waals surface area contributed by atoms with Crippen molar-refractivity contribution in [2.45, 2.75) is 32.5 Å². The monoisotopic (exact) mass is 321 g/mol. The second kappa shape index (κ2) is 5.76. The van der Waals surface area contributed by atoms with Crippen LogP contribution < -0.4 is 5.32 Å². The van der Waals surface area contributed by atoms with Gasteiger partial charge in [-0.2, -0.15) is 13.2 Å². The molecule has 2 aliphatic rings. The highest BCUT2D eigenvalue weighted by molar-refractivity contribution is 6.08. The van der Waals surface area contributed by atoms with E-state index in [4.69, 9.17) is 0 Å². The minimum atomic E-state index is -4.32. The molecule has 23 heavy (non-hydrogen) atoms. The summed E-state index contributed by atoms with van der Waals surface area (Å²) >= 11 is 0. The molecular weight excluding hydrogens is 303 g/mol. The average molecular weight is 321 g/mol. The Hall–Kier alpha value is -2.24. The van der Waals surface area contributed by atoms with E-state index in [1.807, 2.05) is 6.20 Å². The molecule has 0 spiro atoms. The number of benzene rings is 1. The standard InChI is InChI=1S/C17H18F3N3/c1-11(2)23-10-9-21-14-7-8-22-15(16(14)23)12-3-5-13(6-4-12)17(18,19)20/h3-6,9-11,22H,7-8H2,1-2H3. The van der Waals surface area contributed by atoms with Crippen molar-refractivity contribution in [2.24, 2.45) is 4.99 Å². The second-order valence-corrected chi connectivity index (χ2v) is 5.85. The molecule has 0 amide bonds. The molecule has 0 aliphatic carbocycles. The first-order valence-corrected chi connectivity index (χ1v) is 7.56. The first kappa shape index (κ1) is 15.6. The molecule has 3 nitrogen and oxygen atoms in total. The molecule has 6 heteroatoms. The number of rotatable bonds is 2. The van der Waals surface area contributed by atoms with Crippen LogP contribution >= 0.6 is 0 Å². The van der Waals surface area contributed by atoms with Gasteiger partial charge >= 0.3 is 6.18 Å². The average Bonchev–Trinajstić information content (AvgIpc) is 2.53. The summed E-state index contributed by atoms with van der Waals surface area (Å²) in [7, 11) is 0. The zero-order chi connectivity index (χ0) is 16.6. The van der Waals surface area contributed by atoms with E-state index in [9.17, 15) is 13.2 Å². The predicted octanol–water partition coefficient (Wildman–Crippen LogP) is 4.00. The van der Waals surface area contributed by atoms with Gasteiger partial charge in [-0.3, -0.25) is 4.99 Å². The minimum Gasteiger partial charge on any atom is -0.382 e. The smallest absolute Gasteiger partial charge is 0.382 e. The summed E-state index contributed by atoms with van der Waals surface area (Å²) < 4.78 is 38.2. The molecule has 2 heterocycles. The number of alkyl halides is 3. The van der Waals surface area contributed by atoms with E-state index in [1.54, 1.807) is 6.20 Å². The molecule has 0 saturated carbocycles. The van der Waals surface area contributed by atoms with Crippen LogP contribution in [0.15, 0.2) is 47.4 Å². The van der Waals surface area contributed by atoms with Gasteiger partial charge in [-0.05, 0) is 31.5 Å². The highest BCUT2D eigenvalue weighted by Gasteiger charge is 2.31. The molecule has 1 N–H and O–H groups in total. The van der Waals surface area contributed by atoms with Gasteiger partial charge in [0, 0.05) is 31.4 Å². The van der Waals surface area contributed by atoms with Gasteiger partial charge in [-0.15, -0.1) is 0 Å². The molecule has 0 saturated heterocycles. The van der Waals surface area contributed by atoms with E-state index in [0.717, 1.165) is 47.8 Å². The highest BCUT2D eigenvalue weighted by Crippen LogP contribution is 2.32. The van der Waals surface area contributed by atoms with Crippen LogP contribution in [0.2, 0.25) is 0 Å². The second-order valence-electron chi connectivity index (χ2n) is 5.85. The summed E-state index contributed by atoms with van der Waals surface area (Å²) in [6, 6.07) is 5.49. The summed E-state index contributed by atoms with van der Waals surface area (Å²) in [4.78, 5) is 6.53. The van der Waals surface area contributed by atoms with Crippen LogP contribution in [0.5, 0.6) is 0 Å². The quantitative estimate of drug-likeness (QED) is 0.891. The fourth-order valence-corrected chi connectivity index (χ4v) is 2.82. The largest absolute Gasteiger partial charge is 0.416 e. The molecule has 0 atom stereocenters. The Morgan fingerprint density at radius 3 is 2.48 bits per heavy atom. The zero-order valence-corrected chi connectivity index (χ0v) is 13.0. The Kier molecular flexibility index (Phi) is 3.92. The summed E-state index contributed by atoms with van der Waals surface area (Å²) in [5, 5.41) is 3.32. The maximum atomic E-state index is 12.7. The van der Waals surface area contributed by atoms with E-state index in [-0.39, 0.29) is 6.04 Å². The summed E-state index contributed by atoms with van der Waals surface area (Å²) in [6.45, 7) is 4.86. The fraction of sp³-hybridized carbons (Fsp3) is 0.353. The third kappa shape index (κ3) is 2.98. The van der Waals surface area contributed by atoms with Crippen molar-refractivity contribution in [2.75, 3.05) is 6.54 Å². The SMILES string of the molecule is CC(C)N1C=CN=C2CCNC(c3ccc(C(F)(F)F)cc3)=C21. The lowest BCUT2D eigenvalue weighted by Gasteiger charge is -2.35. The zero-order valence-electron chi connectivity index (χ0n) is 13.0. The summed E-state index contributed by atoms with van der Waals surface area (Å²) in [5.41, 5.74) is 2.85. The lowest BCUT2D eigenvalue weighted by molar-refractivity contribution is -0.137. The third-order valence-corrected chi connectivity index (χ3v) is 3.95. The number of hydrogen-bond acceptors (Lipinski definition) is 3. The topological polar surface area (TPSA) is 27.6 Å². The molecular formula is C17H18F3N3. The van der Waals surface area contributed by atoms with Crippen LogP contribution in [0, 0.1) is 0 Å². The van der Waals surface area contributed by atoms with Crippen LogP contribution in [-0.4, -0.2) is 23.2 Å². The molecule has 3 rings (SSSR count). The van der Waals surface area contributed by atoms with Crippen molar-refractivity contribution < 1.29 is 13.2 Å². The number of nitrogens with one attached hydrogen (secondary N) is 1. The molecule has 0 radical (unpaired) electrons. The van der Waals surface area contributed by atoms with E-state index in [1.165, 1.54) is 12.1 Å². The highest BCUT2D eigenvalue weighted by atomic mass is 19.4. The molecule has 1 aromatic carbocycles. The Morgan fingerprint density at radius 2 is 1.87 bits per heavy atom. The van der Waals surface area contributed by atoms with Crippen molar-refractivity contribution in [1.82, 2.24) is 10.2 Å². The Labute approximate surface area is 133 Å². The maximum Gasteiger partial charge on any atom is 0.416 e. The van der Waals surface area contributed by atoms with Crippen LogP contribution in [0.4, 0.5) is 13.2 Å². The van der Waals surface area contributed by atoms with Crippen LogP contribution in [0.1, 0.15) is 31.4 Å². The van der Waals surface area contributed by atoms with Gasteiger partial charge in [-0.25, -0.2) is 0 Å². The van der Waals surface area contributed by atoms with Gasteiger partial charge in [0.1, 0.15) is 0 Å². The number of hydrogen-bond donors (Lipinski definition) is 1. The molecule has 0 bridgehead atoms. The van der Waals surface area contributed by atoms with Crippen molar-refractivity contribution >= 4 is 11.4 Å². The molecule has 1 aromatic rings. The van der Waals surface area contributed by atoms with Crippen molar-refractivity contribution in [1.29, 1.82) is 0 Å². The fourth-order valence-electron chi connectivity index (χ4n) is 2.82. The first-order chi connectivity index (χ1) is 10.9. The van der Waals surface area contributed by atoms with Gasteiger partial charge in [0.15, 0.2) is 0 Å². The van der Waals surface area contributed by atoms with E-state index in [2.05, 4.69) is 29.1 Å². The molecule has 122 valence electrons. The lowest BCUT2D eigenvalue weighted by atomic mass is 9.98. The van der Waals surface area contributed by atoms with Crippen molar-refractivity contribution in [3.05, 3.63) is 53.5 Å². The molecule has 0 aromatic heterocycles. The Morgan fingerprint density at radius 1 is 1.17 bits per heavy atom.